The molecule has 0 atom stereocenters. The molecule has 1 amide bonds. The molecule has 4 aromatic rings. The molecule has 0 bridgehead atoms. The number of hydrogen-bond acceptors (Lipinski definition) is 3. The molecular weight excluding hydrogens is 491 g/mol. The van der Waals surface area contributed by atoms with E-state index in [0.717, 1.165) is 27.9 Å². The Morgan fingerprint density at radius 3 is 2.32 bits per heavy atom. The van der Waals surface area contributed by atoms with Crippen molar-refractivity contribution in [1.29, 1.82) is 0 Å². The van der Waals surface area contributed by atoms with Crippen LogP contribution in [0.4, 0.5) is 11.4 Å². The molecule has 0 saturated heterocycles. The summed E-state index contributed by atoms with van der Waals surface area (Å²) in [5.41, 5.74) is 3.28. The Hall–Kier alpha value is -3.06. The van der Waals surface area contributed by atoms with Gasteiger partial charge < -0.3 is 5.32 Å². The summed E-state index contributed by atoms with van der Waals surface area (Å²) < 4.78 is 28.1. The third-order valence-electron chi connectivity index (χ3n) is 5.97. The molecule has 0 spiro atoms. The van der Waals surface area contributed by atoms with E-state index in [1.165, 1.54) is 29.3 Å². The van der Waals surface area contributed by atoms with E-state index in [2.05, 4.69) is 11.4 Å². The van der Waals surface area contributed by atoms with Crippen LogP contribution in [0.15, 0.2) is 83.8 Å². The number of carbonyl (C=O) groups is 1. The molecule has 1 aliphatic rings. The average Bonchev–Trinajstić information content (AvgIpc) is 3.26. The van der Waals surface area contributed by atoms with Crippen molar-refractivity contribution in [1.82, 2.24) is 0 Å². The quantitative estimate of drug-likeness (QED) is 0.341. The highest BCUT2D eigenvalue weighted by molar-refractivity contribution is 7.92. The third kappa shape index (κ3) is 4.02. The molecule has 34 heavy (non-hydrogen) atoms. The first-order chi connectivity index (χ1) is 16.4. The summed E-state index contributed by atoms with van der Waals surface area (Å²) in [6.45, 7) is -0.472. The van der Waals surface area contributed by atoms with E-state index in [9.17, 15) is 13.2 Å². The van der Waals surface area contributed by atoms with E-state index < -0.39 is 22.5 Å². The van der Waals surface area contributed by atoms with E-state index >= 15 is 0 Å². The number of anilines is 2. The van der Waals surface area contributed by atoms with E-state index in [4.69, 9.17) is 23.2 Å². The number of carbonyl (C=O) groups excluding carboxylic acids is 1. The van der Waals surface area contributed by atoms with Gasteiger partial charge in [-0.1, -0.05) is 71.7 Å². The molecule has 8 heteroatoms. The minimum absolute atomic E-state index is 0.0455. The summed E-state index contributed by atoms with van der Waals surface area (Å²) >= 11 is 12.5. The second kappa shape index (κ2) is 8.95. The molecule has 0 aliphatic heterocycles. The number of hydrogen-bond donors (Lipinski definition) is 1. The van der Waals surface area contributed by atoms with Gasteiger partial charge in [-0.15, -0.1) is 0 Å². The van der Waals surface area contributed by atoms with Crippen LogP contribution in [-0.4, -0.2) is 20.9 Å². The predicted octanol–water partition coefficient (Wildman–Crippen LogP) is 6.08. The number of benzene rings is 4. The Labute approximate surface area is 208 Å². The Bertz CT molecular complexity index is 1510. The zero-order valence-corrected chi connectivity index (χ0v) is 20.3. The van der Waals surface area contributed by atoms with Crippen LogP contribution in [0, 0.1) is 0 Å². The molecule has 5 rings (SSSR count). The lowest BCUT2D eigenvalue weighted by molar-refractivity contribution is -0.114. The zero-order chi connectivity index (χ0) is 23.9. The summed E-state index contributed by atoms with van der Waals surface area (Å²) in [5.74, 6) is -0.491. The van der Waals surface area contributed by atoms with Crippen LogP contribution in [-0.2, 0) is 27.7 Å². The fraction of sp³-hybridized carbons (Fsp3) is 0.115. The van der Waals surface area contributed by atoms with Crippen molar-refractivity contribution in [3.63, 3.8) is 0 Å². The van der Waals surface area contributed by atoms with Crippen LogP contribution in [0.25, 0.3) is 10.8 Å². The van der Waals surface area contributed by atoms with Crippen molar-refractivity contribution in [3.05, 3.63) is 100 Å². The van der Waals surface area contributed by atoms with Crippen LogP contribution in [0.5, 0.6) is 0 Å². The number of amides is 1. The Morgan fingerprint density at radius 1 is 0.853 bits per heavy atom. The number of nitrogens with zero attached hydrogens (tertiary/aromatic N) is 1. The largest absolute Gasteiger partial charge is 0.324 e. The first-order valence-electron chi connectivity index (χ1n) is 10.7. The highest BCUT2D eigenvalue weighted by Gasteiger charge is 2.29. The Kier molecular flexibility index (Phi) is 5.98. The van der Waals surface area contributed by atoms with Gasteiger partial charge in [0, 0.05) is 11.1 Å². The Balaban J connectivity index is 1.52. The molecule has 0 aromatic heterocycles. The van der Waals surface area contributed by atoms with Crippen molar-refractivity contribution in [2.75, 3.05) is 16.2 Å². The minimum Gasteiger partial charge on any atom is -0.324 e. The van der Waals surface area contributed by atoms with E-state index in [1.54, 1.807) is 30.3 Å². The van der Waals surface area contributed by atoms with Gasteiger partial charge in [-0.25, -0.2) is 8.42 Å². The van der Waals surface area contributed by atoms with Gasteiger partial charge in [0.25, 0.3) is 10.0 Å². The number of sulfonamides is 1. The van der Waals surface area contributed by atoms with Crippen LogP contribution in [0.2, 0.25) is 10.0 Å². The first-order valence-corrected chi connectivity index (χ1v) is 12.9. The standard InChI is InChI=1S/C26H20Cl2N2O3S/c27-21-10-5-11-23(26(21)28)30(34(32,33)19-7-2-1-3-8-19)16-24(31)29-22-15-14-18-13-12-17-6-4-9-20(22)25(17)18/h1-11,14-15H,12-13,16H2,(H,29,31). The SMILES string of the molecule is O=C(CN(c1cccc(Cl)c1Cl)S(=O)(=O)c1ccccc1)Nc1ccc2c3c(cccc13)CC2. The zero-order valence-electron chi connectivity index (χ0n) is 18.0. The number of halogens is 2. The monoisotopic (exact) mass is 510 g/mol. The smallest absolute Gasteiger partial charge is 0.264 e. The van der Waals surface area contributed by atoms with Crippen LogP contribution >= 0.6 is 23.2 Å². The Morgan fingerprint density at radius 2 is 1.56 bits per heavy atom. The highest BCUT2D eigenvalue weighted by atomic mass is 35.5. The molecule has 0 radical (unpaired) electrons. The van der Waals surface area contributed by atoms with Crippen LogP contribution in [0.3, 0.4) is 0 Å². The molecule has 0 unspecified atom stereocenters. The van der Waals surface area contributed by atoms with E-state index in [0.29, 0.717) is 5.69 Å². The lowest BCUT2D eigenvalue weighted by Crippen LogP contribution is -2.38. The van der Waals surface area contributed by atoms with Gasteiger partial charge in [0.2, 0.25) is 5.91 Å². The van der Waals surface area contributed by atoms with Gasteiger partial charge in [-0.2, -0.15) is 0 Å². The van der Waals surface area contributed by atoms with Crippen molar-refractivity contribution >= 4 is 61.3 Å². The fourth-order valence-electron chi connectivity index (χ4n) is 4.38. The van der Waals surface area contributed by atoms with Gasteiger partial charge in [-0.05, 0) is 59.7 Å². The average molecular weight is 511 g/mol. The minimum atomic E-state index is -4.10. The van der Waals surface area contributed by atoms with Crippen LogP contribution < -0.4 is 9.62 Å². The summed E-state index contributed by atoms with van der Waals surface area (Å²) in [5, 5.41) is 5.26. The fourth-order valence-corrected chi connectivity index (χ4v) is 6.28. The lowest BCUT2D eigenvalue weighted by atomic mass is 10.0. The summed E-state index contributed by atoms with van der Waals surface area (Å²) in [6.07, 6.45) is 1.95. The summed E-state index contributed by atoms with van der Waals surface area (Å²) in [7, 11) is -4.10. The highest BCUT2D eigenvalue weighted by Crippen LogP contribution is 2.37. The second-order valence-corrected chi connectivity index (χ2v) is 10.7. The molecular formula is C26H20Cl2N2O3S. The number of aryl methyl sites for hydroxylation is 2. The van der Waals surface area contributed by atoms with E-state index in [-0.39, 0.29) is 20.6 Å². The topological polar surface area (TPSA) is 66.5 Å². The maximum atomic E-state index is 13.5. The summed E-state index contributed by atoms with van der Waals surface area (Å²) in [6, 6.07) is 22.5. The predicted molar refractivity (Wildman–Crippen MR) is 137 cm³/mol. The maximum Gasteiger partial charge on any atom is 0.264 e. The van der Waals surface area contributed by atoms with Gasteiger partial charge in [-0.3, -0.25) is 9.10 Å². The molecule has 0 fully saturated rings. The molecule has 172 valence electrons. The molecule has 4 aromatic carbocycles. The lowest BCUT2D eigenvalue weighted by Gasteiger charge is -2.25. The van der Waals surface area contributed by atoms with Crippen molar-refractivity contribution in [2.24, 2.45) is 0 Å². The van der Waals surface area contributed by atoms with Gasteiger partial charge in [0.05, 0.1) is 20.6 Å². The summed E-state index contributed by atoms with van der Waals surface area (Å²) in [4.78, 5) is 13.3. The van der Waals surface area contributed by atoms with Crippen molar-refractivity contribution < 1.29 is 13.2 Å². The van der Waals surface area contributed by atoms with Crippen molar-refractivity contribution in [3.8, 4) is 0 Å². The van der Waals surface area contributed by atoms with Gasteiger partial charge in [0.15, 0.2) is 0 Å². The third-order valence-corrected chi connectivity index (χ3v) is 8.55. The number of nitrogens with one attached hydrogen (secondary N) is 1. The molecule has 1 aliphatic carbocycles. The van der Waals surface area contributed by atoms with Gasteiger partial charge in [0.1, 0.15) is 6.54 Å². The van der Waals surface area contributed by atoms with Crippen LogP contribution in [0.1, 0.15) is 11.1 Å². The second-order valence-electron chi connectivity index (χ2n) is 8.06. The van der Waals surface area contributed by atoms with Crippen molar-refractivity contribution in [2.45, 2.75) is 17.7 Å². The van der Waals surface area contributed by atoms with E-state index in [1.807, 2.05) is 24.3 Å². The molecule has 1 N–H and O–H groups in total. The molecule has 5 nitrogen and oxygen atoms in total. The number of rotatable bonds is 6. The molecule has 0 heterocycles. The first kappa shape index (κ1) is 22.7. The maximum absolute atomic E-state index is 13.5. The van der Waals surface area contributed by atoms with Gasteiger partial charge >= 0.3 is 0 Å². The normalized spacial score (nSPS) is 12.6. The molecule has 0 saturated carbocycles.